The highest BCUT2D eigenvalue weighted by Crippen LogP contribution is 2.18. The van der Waals surface area contributed by atoms with Gasteiger partial charge in [0.25, 0.3) is 0 Å². The molecule has 1 rings (SSSR count). The first-order valence-electron chi connectivity index (χ1n) is 3.21. The third-order valence-electron chi connectivity index (χ3n) is 1.45. The molecule has 0 unspecified atom stereocenters. The summed E-state index contributed by atoms with van der Waals surface area (Å²) in [6, 6.07) is 2.47. The topological polar surface area (TPSA) is 37.3 Å². The summed E-state index contributed by atoms with van der Waals surface area (Å²) in [5.41, 5.74) is -0.153. The zero-order chi connectivity index (χ0) is 9.30. The Morgan fingerprint density at radius 3 is 2.67 bits per heavy atom. The van der Waals surface area contributed by atoms with Crippen molar-refractivity contribution in [2.24, 2.45) is 0 Å². The number of aryl methyl sites for hydroxylation is 1. The Hall–Kier alpha value is -1.09. The van der Waals surface area contributed by atoms with Crippen molar-refractivity contribution in [1.82, 2.24) is 0 Å². The molecule has 0 spiro atoms. The number of carboxylic acid groups (broad SMARTS) is 1. The van der Waals surface area contributed by atoms with Crippen LogP contribution in [0.5, 0.6) is 0 Å². The maximum atomic E-state index is 13.0. The normalized spacial score (nSPS) is 9.92. The average Bonchev–Trinajstić information content (AvgIpc) is 1.96. The van der Waals surface area contributed by atoms with Gasteiger partial charge in [-0.1, -0.05) is 11.6 Å². The van der Waals surface area contributed by atoms with Crippen LogP contribution in [0.1, 0.15) is 15.9 Å². The lowest BCUT2D eigenvalue weighted by Crippen LogP contribution is -2.01. The van der Waals surface area contributed by atoms with E-state index in [1.165, 1.54) is 13.0 Å². The van der Waals surface area contributed by atoms with Crippen LogP contribution in [0.2, 0.25) is 5.02 Å². The molecule has 1 aromatic carbocycles. The Kier molecular flexibility index (Phi) is 2.33. The van der Waals surface area contributed by atoms with Gasteiger partial charge in [0.15, 0.2) is 0 Å². The third-order valence-corrected chi connectivity index (χ3v) is 1.67. The van der Waals surface area contributed by atoms with Crippen LogP contribution < -0.4 is 0 Å². The summed E-state index contributed by atoms with van der Waals surface area (Å²) in [7, 11) is 0. The molecule has 0 aliphatic rings. The Morgan fingerprint density at radius 1 is 1.58 bits per heavy atom. The molecule has 4 heteroatoms. The number of rotatable bonds is 1. The van der Waals surface area contributed by atoms with Gasteiger partial charge in [0.2, 0.25) is 0 Å². The number of hydrogen-bond acceptors (Lipinski definition) is 1. The summed E-state index contributed by atoms with van der Waals surface area (Å²) < 4.78 is 13.0. The molecule has 0 aliphatic carbocycles. The SMILES string of the molecule is Cc1cc(Cl)cc(C(=O)O)c1F. The third kappa shape index (κ3) is 1.56. The summed E-state index contributed by atoms with van der Waals surface area (Å²) in [4.78, 5) is 10.4. The number of carbonyl (C=O) groups is 1. The molecule has 0 saturated carbocycles. The molecule has 0 atom stereocenters. The Morgan fingerprint density at radius 2 is 2.17 bits per heavy atom. The molecule has 0 aliphatic heterocycles. The summed E-state index contributed by atoms with van der Waals surface area (Å²) in [6.45, 7) is 1.47. The lowest BCUT2D eigenvalue weighted by atomic mass is 10.1. The molecular weight excluding hydrogens is 183 g/mol. The Bertz CT molecular complexity index is 336. The molecule has 1 aromatic rings. The predicted molar refractivity (Wildman–Crippen MR) is 43.1 cm³/mol. The minimum absolute atomic E-state index is 0.228. The van der Waals surface area contributed by atoms with E-state index in [4.69, 9.17) is 16.7 Å². The van der Waals surface area contributed by atoms with E-state index in [1.54, 1.807) is 0 Å². The molecule has 0 heterocycles. The first kappa shape index (κ1) is 9.00. The molecule has 0 radical (unpaired) electrons. The molecule has 2 nitrogen and oxygen atoms in total. The van der Waals surface area contributed by atoms with Crippen LogP contribution in [0.3, 0.4) is 0 Å². The molecule has 0 fully saturated rings. The minimum Gasteiger partial charge on any atom is -0.478 e. The van der Waals surface area contributed by atoms with Crippen molar-refractivity contribution in [2.45, 2.75) is 6.92 Å². The van der Waals surface area contributed by atoms with Crippen LogP contribution in [0.4, 0.5) is 4.39 Å². The average molecular weight is 189 g/mol. The largest absolute Gasteiger partial charge is 0.478 e. The van der Waals surface area contributed by atoms with Gasteiger partial charge in [-0.15, -0.1) is 0 Å². The summed E-state index contributed by atoms with van der Waals surface area (Å²) >= 11 is 5.54. The van der Waals surface area contributed by atoms with E-state index in [2.05, 4.69) is 0 Å². The summed E-state index contributed by atoms with van der Waals surface area (Å²) in [5.74, 6) is -2.04. The smallest absolute Gasteiger partial charge is 0.338 e. The van der Waals surface area contributed by atoms with Gasteiger partial charge in [-0.25, -0.2) is 9.18 Å². The molecule has 0 bridgehead atoms. The van der Waals surface area contributed by atoms with Crippen molar-refractivity contribution in [3.63, 3.8) is 0 Å². The lowest BCUT2D eigenvalue weighted by Gasteiger charge is -2.01. The summed E-state index contributed by atoms with van der Waals surface area (Å²) in [6.07, 6.45) is 0. The lowest BCUT2D eigenvalue weighted by molar-refractivity contribution is 0.0691. The van der Waals surface area contributed by atoms with Gasteiger partial charge >= 0.3 is 5.97 Å². The van der Waals surface area contributed by atoms with E-state index in [-0.39, 0.29) is 16.1 Å². The number of benzene rings is 1. The molecular formula is C8H6ClFO2. The van der Waals surface area contributed by atoms with Crippen molar-refractivity contribution in [3.05, 3.63) is 34.1 Å². The van der Waals surface area contributed by atoms with Crippen LogP contribution in [0.15, 0.2) is 12.1 Å². The molecule has 64 valence electrons. The van der Waals surface area contributed by atoms with E-state index >= 15 is 0 Å². The molecule has 1 N–H and O–H groups in total. The zero-order valence-electron chi connectivity index (χ0n) is 6.27. The van der Waals surface area contributed by atoms with E-state index in [0.717, 1.165) is 6.07 Å². The first-order chi connectivity index (χ1) is 5.52. The van der Waals surface area contributed by atoms with E-state index in [1.807, 2.05) is 0 Å². The highest BCUT2D eigenvalue weighted by Gasteiger charge is 2.12. The second-order valence-electron chi connectivity index (χ2n) is 2.39. The van der Waals surface area contributed by atoms with E-state index in [9.17, 15) is 9.18 Å². The van der Waals surface area contributed by atoms with Crippen molar-refractivity contribution in [2.75, 3.05) is 0 Å². The fourth-order valence-corrected chi connectivity index (χ4v) is 1.15. The quantitative estimate of drug-likeness (QED) is 0.735. The number of halogens is 2. The highest BCUT2D eigenvalue weighted by atomic mass is 35.5. The Labute approximate surface area is 73.6 Å². The monoisotopic (exact) mass is 188 g/mol. The maximum Gasteiger partial charge on any atom is 0.338 e. The van der Waals surface area contributed by atoms with Gasteiger partial charge in [0, 0.05) is 5.02 Å². The van der Waals surface area contributed by atoms with E-state index < -0.39 is 11.8 Å². The van der Waals surface area contributed by atoms with E-state index in [0.29, 0.717) is 0 Å². The van der Waals surface area contributed by atoms with Crippen LogP contribution in [0, 0.1) is 12.7 Å². The minimum atomic E-state index is -1.31. The molecule has 0 aromatic heterocycles. The van der Waals surface area contributed by atoms with Gasteiger partial charge in [-0.2, -0.15) is 0 Å². The highest BCUT2D eigenvalue weighted by molar-refractivity contribution is 6.31. The first-order valence-corrected chi connectivity index (χ1v) is 3.59. The van der Waals surface area contributed by atoms with Crippen LogP contribution in [-0.2, 0) is 0 Å². The zero-order valence-corrected chi connectivity index (χ0v) is 7.02. The fourth-order valence-electron chi connectivity index (χ4n) is 0.881. The van der Waals surface area contributed by atoms with Crippen molar-refractivity contribution >= 4 is 17.6 Å². The van der Waals surface area contributed by atoms with Gasteiger partial charge in [0.1, 0.15) is 5.82 Å². The molecule has 0 amide bonds. The fraction of sp³-hybridized carbons (Fsp3) is 0.125. The van der Waals surface area contributed by atoms with Crippen molar-refractivity contribution in [1.29, 1.82) is 0 Å². The standard InChI is InChI=1S/C8H6ClFO2/c1-4-2-5(9)3-6(7(4)10)8(11)12/h2-3H,1H3,(H,11,12). The van der Waals surface area contributed by atoms with Gasteiger partial charge < -0.3 is 5.11 Å². The Balaban J connectivity index is 3.37. The van der Waals surface area contributed by atoms with Gasteiger partial charge in [-0.05, 0) is 24.6 Å². The number of carboxylic acids is 1. The van der Waals surface area contributed by atoms with Crippen LogP contribution in [-0.4, -0.2) is 11.1 Å². The van der Waals surface area contributed by atoms with Gasteiger partial charge in [-0.3, -0.25) is 0 Å². The predicted octanol–water partition coefficient (Wildman–Crippen LogP) is 2.49. The maximum absolute atomic E-state index is 13.0. The van der Waals surface area contributed by atoms with Crippen LogP contribution >= 0.6 is 11.6 Å². The molecule has 0 saturated heterocycles. The van der Waals surface area contributed by atoms with Crippen molar-refractivity contribution < 1.29 is 14.3 Å². The van der Waals surface area contributed by atoms with Crippen molar-refractivity contribution in [3.8, 4) is 0 Å². The molecule has 12 heavy (non-hydrogen) atoms. The van der Waals surface area contributed by atoms with Gasteiger partial charge in [0.05, 0.1) is 5.56 Å². The number of aromatic carboxylic acids is 1. The second-order valence-corrected chi connectivity index (χ2v) is 2.83. The summed E-state index contributed by atoms with van der Waals surface area (Å²) in [5, 5.41) is 8.74. The van der Waals surface area contributed by atoms with Crippen LogP contribution in [0.25, 0.3) is 0 Å². The second kappa shape index (κ2) is 3.11. The number of hydrogen-bond donors (Lipinski definition) is 1.